The van der Waals surface area contributed by atoms with Gasteiger partial charge in [-0.25, -0.2) is 4.39 Å². The van der Waals surface area contributed by atoms with E-state index in [1.54, 1.807) is 9.80 Å². The van der Waals surface area contributed by atoms with Crippen LogP contribution < -0.4 is 4.74 Å². The Balaban J connectivity index is 1.73. The molecule has 2 fully saturated rings. The smallest absolute Gasteiger partial charge is 0.236 e. The molecule has 2 saturated heterocycles. The van der Waals surface area contributed by atoms with E-state index in [2.05, 4.69) is 0 Å². The fourth-order valence-corrected chi connectivity index (χ4v) is 3.62. The molecule has 8 nitrogen and oxygen atoms in total. The third kappa shape index (κ3) is 6.13. The van der Waals surface area contributed by atoms with Gasteiger partial charge >= 0.3 is 0 Å². The number of halogens is 1. The molecule has 0 bridgehead atoms. The second kappa shape index (κ2) is 10.2. The lowest BCUT2D eigenvalue weighted by Crippen LogP contribution is -2.59. The van der Waals surface area contributed by atoms with E-state index in [1.165, 1.54) is 24.3 Å². The normalized spacial score (nSPS) is 22.3. The van der Waals surface area contributed by atoms with Crippen molar-refractivity contribution >= 4 is 11.8 Å². The summed E-state index contributed by atoms with van der Waals surface area (Å²) < 4.78 is 30.5. The van der Waals surface area contributed by atoms with Crippen LogP contribution in [0.3, 0.4) is 0 Å². The van der Waals surface area contributed by atoms with E-state index in [0.717, 1.165) is 0 Å². The Morgan fingerprint density at radius 1 is 1.07 bits per heavy atom. The lowest BCUT2D eigenvalue weighted by molar-refractivity contribution is -0.167. The standard InChI is InChI=1S/C21H30FN3O5/c1-23(2)14-20(27)25-9-12-30-21(15-25,13-19(26)24-7-10-28-11-8-24)16-29-18-5-3-17(22)4-6-18/h3-6H,7-16H2,1-2H3/t21-/m1/s1. The zero-order valence-electron chi connectivity index (χ0n) is 17.6. The fraction of sp³-hybridized carbons (Fsp3) is 0.619. The molecule has 2 aliphatic heterocycles. The Labute approximate surface area is 176 Å². The molecule has 166 valence electrons. The van der Waals surface area contributed by atoms with Gasteiger partial charge in [0.25, 0.3) is 0 Å². The fourth-order valence-electron chi connectivity index (χ4n) is 3.62. The Morgan fingerprint density at radius 2 is 1.73 bits per heavy atom. The summed E-state index contributed by atoms with van der Waals surface area (Å²) in [5.74, 6) is 0.0556. The average Bonchev–Trinajstić information content (AvgIpc) is 2.74. The number of likely N-dealkylation sites (N-methyl/N-ethyl adjacent to an activating group) is 1. The Bertz CT molecular complexity index is 724. The lowest BCUT2D eigenvalue weighted by atomic mass is 9.96. The maximum Gasteiger partial charge on any atom is 0.236 e. The van der Waals surface area contributed by atoms with Gasteiger partial charge in [0.15, 0.2) is 0 Å². The van der Waals surface area contributed by atoms with Crippen molar-refractivity contribution in [2.24, 2.45) is 0 Å². The molecular formula is C21H30FN3O5. The van der Waals surface area contributed by atoms with Gasteiger partial charge in [0.1, 0.15) is 23.8 Å². The molecule has 9 heteroatoms. The second-order valence-corrected chi connectivity index (χ2v) is 8.00. The first kappa shape index (κ1) is 22.5. The van der Waals surface area contributed by atoms with Crippen molar-refractivity contribution in [3.8, 4) is 5.75 Å². The van der Waals surface area contributed by atoms with Gasteiger partial charge < -0.3 is 28.9 Å². The number of hydrogen-bond donors (Lipinski definition) is 0. The summed E-state index contributed by atoms with van der Waals surface area (Å²) in [5.41, 5.74) is -0.968. The van der Waals surface area contributed by atoms with Crippen LogP contribution in [0.1, 0.15) is 6.42 Å². The third-order valence-electron chi connectivity index (χ3n) is 5.21. The summed E-state index contributed by atoms with van der Waals surface area (Å²) >= 11 is 0. The van der Waals surface area contributed by atoms with Crippen molar-refractivity contribution in [2.45, 2.75) is 12.0 Å². The second-order valence-electron chi connectivity index (χ2n) is 8.00. The summed E-state index contributed by atoms with van der Waals surface area (Å²) in [6.07, 6.45) is 0.0972. The lowest BCUT2D eigenvalue weighted by Gasteiger charge is -2.43. The summed E-state index contributed by atoms with van der Waals surface area (Å²) in [5, 5.41) is 0. The van der Waals surface area contributed by atoms with Gasteiger partial charge in [-0.05, 0) is 38.4 Å². The zero-order valence-corrected chi connectivity index (χ0v) is 17.6. The molecule has 1 aromatic carbocycles. The monoisotopic (exact) mass is 423 g/mol. The SMILES string of the molecule is CN(C)CC(=O)N1CCO[C@](COc2ccc(F)cc2)(CC(=O)N2CCOCC2)C1. The topological polar surface area (TPSA) is 71.6 Å². The molecule has 1 aromatic rings. The van der Waals surface area contributed by atoms with E-state index >= 15 is 0 Å². The molecule has 0 spiro atoms. The summed E-state index contributed by atoms with van der Waals surface area (Å²) in [7, 11) is 3.68. The van der Waals surface area contributed by atoms with Gasteiger partial charge in [-0.1, -0.05) is 0 Å². The van der Waals surface area contributed by atoms with Gasteiger partial charge in [-0.15, -0.1) is 0 Å². The number of amides is 2. The number of morpholine rings is 2. The van der Waals surface area contributed by atoms with Gasteiger partial charge in [-0.2, -0.15) is 0 Å². The highest BCUT2D eigenvalue weighted by Crippen LogP contribution is 2.26. The largest absolute Gasteiger partial charge is 0.490 e. The maximum atomic E-state index is 13.2. The molecule has 2 aliphatic rings. The minimum atomic E-state index is -0.968. The average molecular weight is 423 g/mol. The van der Waals surface area contributed by atoms with Crippen molar-refractivity contribution in [2.75, 3.05) is 73.2 Å². The van der Waals surface area contributed by atoms with Crippen molar-refractivity contribution in [3.05, 3.63) is 30.1 Å². The number of rotatable bonds is 7. The van der Waals surface area contributed by atoms with Crippen LogP contribution in [0.5, 0.6) is 5.75 Å². The molecule has 0 aliphatic carbocycles. The van der Waals surface area contributed by atoms with Crippen LogP contribution in [0, 0.1) is 5.82 Å². The summed E-state index contributed by atoms with van der Waals surface area (Å²) in [6, 6.07) is 5.69. The molecule has 0 radical (unpaired) electrons. The van der Waals surface area contributed by atoms with Crippen LogP contribution in [0.15, 0.2) is 24.3 Å². The summed E-state index contributed by atoms with van der Waals surface area (Å²) in [4.78, 5) is 30.9. The number of carbonyl (C=O) groups is 2. The molecule has 2 amide bonds. The first-order valence-corrected chi connectivity index (χ1v) is 10.2. The Morgan fingerprint density at radius 3 is 2.40 bits per heavy atom. The van der Waals surface area contributed by atoms with E-state index in [0.29, 0.717) is 45.2 Å². The highest BCUT2D eigenvalue weighted by atomic mass is 19.1. The highest BCUT2D eigenvalue weighted by Gasteiger charge is 2.42. The molecule has 0 N–H and O–H groups in total. The van der Waals surface area contributed by atoms with Gasteiger partial charge in [-0.3, -0.25) is 9.59 Å². The molecule has 30 heavy (non-hydrogen) atoms. The van der Waals surface area contributed by atoms with E-state index in [4.69, 9.17) is 14.2 Å². The Kier molecular flexibility index (Phi) is 7.63. The Hall–Kier alpha value is -2.23. The molecule has 1 atom stereocenters. The minimum Gasteiger partial charge on any atom is -0.490 e. The van der Waals surface area contributed by atoms with Crippen LogP contribution in [-0.2, 0) is 19.1 Å². The predicted molar refractivity (Wildman–Crippen MR) is 108 cm³/mol. The highest BCUT2D eigenvalue weighted by molar-refractivity contribution is 5.79. The number of nitrogens with zero attached hydrogens (tertiary/aromatic N) is 3. The predicted octanol–water partition coefficient (Wildman–Crippen LogP) is 0.613. The van der Waals surface area contributed by atoms with E-state index in [-0.39, 0.29) is 43.7 Å². The van der Waals surface area contributed by atoms with Crippen LogP contribution in [-0.4, -0.2) is 105 Å². The quantitative estimate of drug-likeness (QED) is 0.640. The van der Waals surface area contributed by atoms with E-state index in [9.17, 15) is 14.0 Å². The number of hydrogen-bond acceptors (Lipinski definition) is 6. The molecule has 0 saturated carbocycles. The number of benzene rings is 1. The molecule has 0 aromatic heterocycles. The van der Waals surface area contributed by atoms with Crippen molar-refractivity contribution in [3.63, 3.8) is 0 Å². The number of ether oxygens (including phenoxy) is 3. The minimum absolute atomic E-state index is 0.0201. The molecular weight excluding hydrogens is 393 g/mol. The van der Waals surface area contributed by atoms with Crippen LogP contribution in [0.4, 0.5) is 4.39 Å². The van der Waals surface area contributed by atoms with E-state index in [1.807, 2.05) is 19.0 Å². The molecule has 0 unspecified atom stereocenters. The first-order chi connectivity index (χ1) is 14.4. The third-order valence-corrected chi connectivity index (χ3v) is 5.21. The first-order valence-electron chi connectivity index (χ1n) is 10.2. The van der Waals surface area contributed by atoms with Crippen molar-refractivity contribution in [1.82, 2.24) is 14.7 Å². The van der Waals surface area contributed by atoms with Crippen LogP contribution in [0.2, 0.25) is 0 Å². The molecule has 3 rings (SSSR count). The maximum absolute atomic E-state index is 13.2. The van der Waals surface area contributed by atoms with Crippen LogP contribution >= 0.6 is 0 Å². The van der Waals surface area contributed by atoms with E-state index < -0.39 is 5.60 Å². The van der Waals surface area contributed by atoms with Crippen LogP contribution in [0.25, 0.3) is 0 Å². The molecule has 2 heterocycles. The van der Waals surface area contributed by atoms with Crippen molar-refractivity contribution in [1.29, 1.82) is 0 Å². The number of carbonyl (C=O) groups excluding carboxylic acids is 2. The summed E-state index contributed by atoms with van der Waals surface area (Å²) in [6.45, 7) is 3.52. The zero-order chi connectivity index (χ0) is 21.6. The van der Waals surface area contributed by atoms with Gasteiger partial charge in [0, 0.05) is 19.6 Å². The van der Waals surface area contributed by atoms with Gasteiger partial charge in [0.2, 0.25) is 11.8 Å². The van der Waals surface area contributed by atoms with Gasteiger partial charge in [0.05, 0.1) is 39.3 Å². The van der Waals surface area contributed by atoms with Crippen molar-refractivity contribution < 1.29 is 28.2 Å².